The van der Waals surface area contributed by atoms with E-state index in [9.17, 15) is 14.7 Å². The first-order valence-electron chi connectivity index (χ1n) is 5.80. The van der Waals surface area contributed by atoms with Gasteiger partial charge in [0.15, 0.2) is 0 Å². The van der Waals surface area contributed by atoms with Crippen LogP contribution in [0.4, 0.5) is 0 Å². The highest BCUT2D eigenvalue weighted by Crippen LogP contribution is 2.25. The van der Waals surface area contributed by atoms with Crippen molar-refractivity contribution in [1.82, 2.24) is 9.55 Å². The van der Waals surface area contributed by atoms with E-state index >= 15 is 0 Å². The van der Waals surface area contributed by atoms with Gasteiger partial charge in [-0.1, -0.05) is 19.1 Å². The topological polar surface area (TPSA) is 75.1 Å². The zero-order chi connectivity index (χ0) is 14.0. The summed E-state index contributed by atoms with van der Waals surface area (Å²) < 4.78 is 1.13. The van der Waals surface area contributed by atoms with Gasteiger partial charge < -0.3 is 5.11 Å². The Labute approximate surface area is 113 Å². The number of nitrogens with one attached hydrogen (secondary N) is 1. The molecule has 0 saturated heterocycles. The average molecular weight is 278 g/mol. The monoisotopic (exact) mass is 278 g/mol. The Bertz CT molecular complexity index is 719. The van der Waals surface area contributed by atoms with Gasteiger partial charge >= 0.3 is 5.69 Å². The van der Waals surface area contributed by atoms with Crippen molar-refractivity contribution in [2.75, 3.05) is 6.26 Å². The summed E-state index contributed by atoms with van der Waals surface area (Å²) in [7, 11) is 0. The molecule has 5 nitrogen and oxygen atoms in total. The van der Waals surface area contributed by atoms with Crippen LogP contribution in [-0.2, 0) is 6.42 Å². The SMILES string of the molecule is CCc1c(O)n(-c2ccccc2SC)c(=O)[nH]c1=O. The Morgan fingerprint density at radius 2 is 2.00 bits per heavy atom. The van der Waals surface area contributed by atoms with Crippen LogP contribution in [0.15, 0.2) is 38.8 Å². The predicted molar refractivity (Wildman–Crippen MR) is 75.5 cm³/mol. The van der Waals surface area contributed by atoms with Crippen LogP contribution in [0.1, 0.15) is 12.5 Å². The molecule has 6 heteroatoms. The van der Waals surface area contributed by atoms with Crippen molar-refractivity contribution >= 4 is 11.8 Å². The molecule has 0 unspecified atom stereocenters. The van der Waals surface area contributed by atoms with Crippen molar-refractivity contribution in [3.8, 4) is 11.6 Å². The lowest BCUT2D eigenvalue weighted by molar-refractivity contribution is 0.423. The van der Waals surface area contributed by atoms with Crippen LogP contribution in [-0.4, -0.2) is 20.9 Å². The molecular formula is C13H14N2O3S. The Kier molecular flexibility index (Phi) is 3.80. The lowest BCUT2D eigenvalue weighted by Crippen LogP contribution is -2.31. The fourth-order valence-electron chi connectivity index (χ4n) is 1.92. The fraction of sp³-hybridized carbons (Fsp3) is 0.231. The molecule has 0 aliphatic rings. The van der Waals surface area contributed by atoms with E-state index in [1.807, 2.05) is 18.4 Å². The number of rotatable bonds is 3. The van der Waals surface area contributed by atoms with Crippen molar-refractivity contribution in [3.63, 3.8) is 0 Å². The second-order valence-electron chi connectivity index (χ2n) is 3.92. The zero-order valence-corrected chi connectivity index (χ0v) is 11.5. The van der Waals surface area contributed by atoms with Crippen LogP contribution in [0.2, 0.25) is 0 Å². The minimum absolute atomic E-state index is 0.204. The summed E-state index contributed by atoms with van der Waals surface area (Å²) in [4.78, 5) is 26.6. The highest BCUT2D eigenvalue weighted by molar-refractivity contribution is 7.98. The van der Waals surface area contributed by atoms with Crippen LogP contribution in [0.3, 0.4) is 0 Å². The molecule has 1 aromatic carbocycles. The van der Waals surface area contributed by atoms with E-state index in [0.29, 0.717) is 12.1 Å². The van der Waals surface area contributed by atoms with Crippen LogP contribution < -0.4 is 11.2 Å². The molecule has 2 rings (SSSR count). The van der Waals surface area contributed by atoms with Gasteiger partial charge in [-0.25, -0.2) is 9.36 Å². The molecule has 1 heterocycles. The van der Waals surface area contributed by atoms with E-state index in [2.05, 4.69) is 4.98 Å². The summed E-state index contributed by atoms with van der Waals surface area (Å²) >= 11 is 1.46. The predicted octanol–water partition coefficient (Wildman–Crippen LogP) is 1.52. The minimum atomic E-state index is -0.638. The van der Waals surface area contributed by atoms with E-state index in [4.69, 9.17) is 0 Å². The van der Waals surface area contributed by atoms with Crippen LogP contribution in [0.5, 0.6) is 5.88 Å². The van der Waals surface area contributed by atoms with Crippen molar-refractivity contribution in [2.45, 2.75) is 18.2 Å². The smallest absolute Gasteiger partial charge is 0.335 e. The van der Waals surface area contributed by atoms with E-state index in [1.165, 1.54) is 11.8 Å². The number of H-pyrrole nitrogens is 1. The molecule has 0 radical (unpaired) electrons. The summed E-state index contributed by atoms with van der Waals surface area (Å²) in [6, 6.07) is 7.20. The normalized spacial score (nSPS) is 10.6. The maximum Gasteiger partial charge on any atom is 0.335 e. The molecule has 0 saturated carbocycles. The minimum Gasteiger partial charge on any atom is -0.494 e. The van der Waals surface area contributed by atoms with Crippen molar-refractivity contribution < 1.29 is 5.11 Å². The van der Waals surface area contributed by atoms with Crippen LogP contribution in [0, 0.1) is 0 Å². The number of benzene rings is 1. The van der Waals surface area contributed by atoms with Gasteiger partial charge in [-0.05, 0) is 24.8 Å². The number of aromatic amines is 1. The molecular weight excluding hydrogens is 264 g/mol. The molecule has 0 aliphatic carbocycles. The van der Waals surface area contributed by atoms with E-state index in [0.717, 1.165) is 9.46 Å². The number of nitrogens with zero attached hydrogens (tertiary/aromatic N) is 1. The standard InChI is InChI=1S/C13H14N2O3S/c1-3-8-11(16)14-13(18)15(12(8)17)9-6-4-5-7-10(9)19-2/h4-7,17H,3H2,1-2H3,(H,14,16,18). The van der Waals surface area contributed by atoms with Gasteiger partial charge in [0.25, 0.3) is 5.56 Å². The van der Waals surface area contributed by atoms with E-state index in [-0.39, 0.29) is 11.4 Å². The molecule has 0 aliphatic heterocycles. The first-order chi connectivity index (χ1) is 9.10. The molecule has 0 spiro atoms. The summed E-state index contributed by atoms with van der Waals surface area (Å²) in [6.45, 7) is 1.75. The maximum atomic E-state index is 11.9. The number of hydrogen-bond donors (Lipinski definition) is 2. The molecule has 0 fully saturated rings. The first kappa shape index (κ1) is 13.5. The number of aromatic hydroxyl groups is 1. The second kappa shape index (κ2) is 5.36. The highest BCUT2D eigenvalue weighted by Gasteiger charge is 2.15. The summed E-state index contributed by atoms with van der Waals surface area (Å²) in [5.74, 6) is -0.294. The Morgan fingerprint density at radius 1 is 1.32 bits per heavy atom. The summed E-state index contributed by atoms with van der Waals surface area (Å²) in [5.41, 5.74) is -0.414. The van der Waals surface area contributed by atoms with E-state index < -0.39 is 11.2 Å². The van der Waals surface area contributed by atoms with Crippen molar-refractivity contribution in [1.29, 1.82) is 0 Å². The molecule has 1 aromatic heterocycles. The quantitative estimate of drug-likeness (QED) is 0.835. The molecule has 100 valence electrons. The van der Waals surface area contributed by atoms with Crippen molar-refractivity contribution in [3.05, 3.63) is 50.7 Å². The average Bonchev–Trinajstić information content (AvgIpc) is 2.39. The number of aromatic nitrogens is 2. The molecule has 2 aromatic rings. The Morgan fingerprint density at radius 3 is 2.63 bits per heavy atom. The zero-order valence-electron chi connectivity index (χ0n) is 10.6. The van der Waals surface area contributed by atoms with Gasteiger partial charge in [-0.15, -0.1) is 11.8 Å². The van der Waals surface area contributed by atoms with Gasteiger partial charge in [0.2, 0.25) is 5.88 Å². The largest absolute Gasteiger partial charge is 0.494 e. The molecule has 0 bridgehead atoms. The third-order valence-corrected chi connectivity index (χ3v) is 3.64. The number of thioether (sulfide) groups is 1. The van der Waals surface area contributed by atoms with E-state index in [1.54, 1.807) is 19.1 Å². The fourth-order valence-corrected chi connectivity index (χ4v) is 2.50. The lowest BCUT2D eigenvalue weighted by Gasteiger charge is -2.13. The first-order valence-corrected chi connectivity index (χ1v) is 7.03. The Hall–Kier alpha value is -1.95. The van der Waals surface area contributed by atoms with Gasteiger partial charge in [-0.2, -0.15) is 0 Å². The molecule has 0 atom stereocenters. The van der Waals surface area contributed by atoms with Gasteiger partial charge in [0.05, 0.1) is 11.3 Å². The van der Waals surface area contributed by atoms with Crippen molar-refractivity contribution in [2.24, 2.45) is 0 Å². The Balaban J connectivity index is 2.83. The number of hydrogen-bond acceptors (Lipinski definition) is 4. The molecule has 2 N–H and O–H groups in total. The van der Waals surface area contributed by atoms with Gasteiger partial charge in [0, 0.05) is 4.90 Å². The second-order valence-corrected chi connectivity index (χ2v) is 4.77. The summed E-state index contributed by atoms with van der Waals surface area (Å²) in [6.07, 6.45) is 2.23. The third-order valence-electron chi connectivity index (χ3n) is 2.86. The molecule has 19 heavy (non-hydrogen) atoms. The lowest BCUT2D eigenvalue weighted by atomic mass is 10.2. The molecule has 0 amide bonds. The van der Waals surface area contributed by atoms with Crippen LogP contribution >= 0.6 is 11.8 Å². The maximum absolute atomic E-state index is 11.9. The van der Waals surface area contributed by atoms with Gasteiger partial charge in [-0.3, -0.25) is 9.78 Å². The van der Waals surface area contributed by atoms with Crippen LogP contribution in [0.25, 0.3) is 5.69 Å². The highest BCUT2D eigenvalue weighted by atomic mass is 32.2. The number of para-hydroxylation sites is 1. The summed E-state index contributed by atoms with van der Waals surface area (Å²) in [5, 5.41) is 10.2. The van der Waals surface area contributed by atoms with Gasteiger partial charge in [0.1, 0.15) is 0 Å². The third kappa shape index (κ3) is 2.31.